The second-order valence-electron chi connectivity index (χ2n) is 0.433. The fraction of sp³-hybridized carbons (Fsp3) is 0. The molecule has 0 aliphatic rings. The van der Waals surface area contributed by atoms with Crippen molar-refractivity contribution in [2.24, 2.45) is 0 Å². The minimum atomic E-state index is 0. The molecule has 0 amide bonds. The van der Waals surface area contributed by atoms with E-state index in [0.717, 1.165) is 0 Å². The Bertz CT molecular complexity index is 64.6. The molecule has 0 aromatic carbocycles. The summed E-state index contributed by atoms with van der Waals surface area (Å²) in [7, 11) is 4.61. The summed E-state index contributed by atoms with van der Waals surface area (Å²) >= 11 is 1.62. The predicted octanol–water partition coefficient (Wildman–Crippen LogP) is 0.135. The molecule has 0 heterocycles. The van der Waals surface area contributed by atoms with E-state index in [4.69, 9.17) is 33.4 Å². The van der Waals surface area contributed by atoms with Crippen LogP contribution in [0.5, 0.6) is 0 Å². The Morgan fingerprint density at radius 1 is 0.846 bits per heavy atom. The fourth-order valence-electron chi connectivity index (χ4n) is 0. The van der Waals surface area contributed by atoms with Gasteiger partial charge in [0.1, 0.15) is 0 Å². The first-order chi connectivity index (χ1) is 5.24. The van der Waals surface area contributed by atoms with Gasteiger partial charge in [-0.3, -0.25) is 0 Å². The molecular formula is C3H9ClCsIN6Pb. The molecule has 0 saturated heterocycles. The molecule has 6 N–H and O–H groups in total. The van der Waals surface area contributed by atoms with Gasteiger partial charge in [0.05, 0.1) is 0 Å². The summed E-state index contributed by atoms with van der Waals surface area (Å²) < 4.78 is 0. The van der Waals surface area contributed by atoms with E-state index in [1.165, 1.54) is 0 Å². The number of halogens is 2. The van der Waals surface area contributed by atoms with E-state index < -0.39 is 0 Å². The Morgan fingerprint density at radius 3 is 0.846 bits per heavy atom. The Hall–Kier alpha value is 2.40. The molecule has 70 valence electrons. The molecule has 13 heavy (non-hydrogen) atoms. The molecule has 0 saturated carbocycles. The van der Waals surface area contributed by atoms with Crippen molar-refractivity contribution in [3.63, 3.8) is 0 Å². The predicted molar refractivity (Wildman–Crippen MR) is 64.9 cm³/mol. The molecule has 0 atom stereocenters. The van der Waals surface area contributed by atoms with E-state index in [0.29, 0.717) is 19.0 Å². The van der Waals surface area contributed by atoms with Gasteiger partial charge in [-0.1, -0.05) is 0 Å². The average molecular weight is 632 g/mol. The molecule has 0 aromatic rings. The maximum absolute atomic E-state index is 5.75. The van der Waals surface area contributed by atoms with Crippen LogP contribution in [0.3, 0.4) is 0 Å². The number of rotatable bonds is 0. The zero-order valence-electron chi connectivity index (χ0n) is 6.99. The summed E-state index contributed by atoms with van der Waals surface area (Å²) in [5.41, 5.74) is 17.2. The molecular weight excluding hydrogens is 623 g/mol. The normalized spacial score (nSPS) is 3.23. The van der Waals surface area contributed by atoms with Crippen LogP contribution in [0.25, 0.3) is 17.2 Å². The quantitative estimate of drug-likeness (QED) is 0.145. The van der Waals surface area contributed by atoms with Crippen LogP contribution in [0.2, 0.25) is 0 Å². The van der Waals surface area contributed by atoms with Gasteiger partial charge in [-0.05, 0) is 8.91 Å². The standard InChI is InChI=1S/3CH3N2.ClI.Cs.Pb/c3*2-1-3;1-2;;/h3*1H,(H2-,2,3);;;/q3*-1;;+1;+2. The number of nitrogens with one attached hydrogen (secondary N) is 6. The van der Waals surface area contributed by atoms with Gasteiger partial charge >= 0.3 is 96.2 Å². The topological polar surface area (TPSA) is 143 Å². The van der Waals surface area contributed by atoms with Crippen LogP contribution in [0.1, 0.15) is 0 Å². The van der Waals surface area contributed by atoms with Crippen molar-refractivity contribution in [3.8, 4) is 0 Å². The van der Waals surface area contributed by atoms with Gasteiger partial charge in [0.2, 0.25) is 0 Å². The third-order valence-corrected chi connectivity index (χ3v) is 0. The maximum atomic E-state index is 5.75. The van der Waals surface area contributed by atoms with Crippen LogP contribution in [0, 0.1) is 16.2 Å². The molecule has 0 aliphatic heterocycles. The van der Waals surface area contributed by atoms with Gasteiger partial charge in [-0.2, -0.15) is 0 Å². The molecule has 6 nitrogen and oxygen atoms in total. The van der Waals surface area contributed by atoms with E-state index in [1.54, 1.807) is 21.5 Å². The smallest absolute Gasteiger partial charge is 0.489 e. The van der Waals surface area contributed by atoms with Gasteiger partial charge in [-0.15, -0.1) is 19.0 Å². The largest absolute Gasteiger partial charge is 2.00 e. The van der Waals surface area contributed by atoms with E-state index in [1.807, 2.05) is 0 Å². The minimum absolute atomic E-state index is 0. The van der Waals surface area contributed by atoms with E-state index in [2.05, 4.69) is 8.91 Å². The second-order valence-corrected chi connectivity index (χ2v) is 0.433. The van der Waals surface area contributed by atoms with Crippen molar-refractivity contribution < 1.29 is 68.9 Å². The van der Waals surface area contributed by atoms with E-state index in [9.17, 15) is 0 Å². The molecule has 0 rings (SSSR count). The van der Waals surface area contributed by atoms with Crippen molar-refractivity contribution in [1.29, 1.82) is 16.2 Å². The Labute approximate surface area is 174 Å². The SMILES string of the molecule is ClI.N=C[NH-].N=C[NH-].N=C[NH-].[Cs+].[Pb+2]. The van der Waals surface area contributed by atoms with Crippen LogP contribution < -0.4 is 68.9 Å². The third-order valence-electron chi connectivity index (χ3n) is 0. The zero-order valence-corrected chi connectivity index (χ0v) is 20.1. The van der Waals surface area contributed by atoms with Crippen molar-refractivity contribution >= 4 is 76.7 Å². The van der Waals surface area contributed by atoms with E-state index in [-0.39, 0.29) is 96.2 Å². The Morgan fingerprint density at radius 2 is 0.846 bits per heavy atom. The summed E-state index contributed by atoms with van der Waals surface area (Å²) in [4.78, 5) is 0. The van der Waals surface area contributed by atoms with Gasteiger partial charge in [0.25, 0.3) is 0 Å². The van der Waals surface area contributed by atoms with Crippen molar-refractivity contribution in [2.75, 3.05) is 0 Å². The summed E-state index contributed by atoms with van der Waals surface area (Å²) in [5.74, 6) is 0. The van der Waals surface area contributed by atoms with Crippen LogP contribution in [-0.2, 0) is 0 Å². The average Bonchev–Trinajstić information content (AvgIpc) is 1.96. The number of hydrogen-bond acceptors (Lipinski definition) is 3. The monoisotopic (exact) mass is 632 g/mol. The Balaban J connectivity index is -0.0000000121. The first-order valence-corrected chi connectivity index (χ1v) is 4.61. The second kappa shape index (κ2) is 88.6. The summed E-state index contributed by atoms with van der Waals surface area (Å²) in [6, 6.07) is 0. The van der Waals surface area contributed by atoms with Crippen LogP contribution in [0.15, 0.2) is 0 Å². The first-order valence-electron chi connectivity index (χ1n) is 1.87. The Kier molecular flexibility index (Phi) is 246. The minimum Gasteiger partial charge on any atom is -0.489 e. The van der Waals surface area contributed by atoms with Gasteiger partial charge < -0.3 is 33.4 Å². The van der Waals surface area contributed by atoms with Crippen molar-refractivity contribution in [1.82, 2.24) is 0 Å². The molecule has 0 bridgehead atoms. The summed E-state index contributed by atoms with van der Waals surface area (Å²) in [6.45, 7) is 0. The first kappa shape index (κ1) is 36.1. The summed E-state index contributed by atoms with van der Waals surface area (Å²) in [5, 5.41) is 17.2. The van der Waals surface area contributed by atoms with Crippen molar-refractivity contribution in [2.45, 2.75) is 0 Å². The maximum Gasteiger partial charge on any atom is 2.00 e. The third kappa shape index (κ3) is 383. The van der Waals surface area contributed by atoms with Gasteiger partial charge in [0, 0.05) is 21.5 Å². The van der Waals surface area contributed by atoms with Crippen molar-refractivity contribution in [3.05, 3.63) is 17.2 Å². The molecule has 10 heteroatoms. The van der Waals surface area contributed by atoms with Crippen LogP contribution in [0.4, 0.5) is 0 Å². The molecule has 0 unspecified atom stereocenters. The van der Waals surface area contributed by atoms with Gasteiger partial charge in [-0.25, -0.2) is 0 Å². The number of hydrogen-bond donors (Lipinski definition) is 3. The molecule has 0 fully saturated rings. The van der Waals surface area contributed by atoms with Crippen LogP contribution in [-0.4, -0.2) is 46.3 Å². The zero-order chi connectivity index (χ0) is 10.1. The molecule has 0 spiro atoms. The molecule has 0 aromatic heterocycles. The summed E-state index contributed by atoms with van der Waals surface area (Å²) in [6.07, 6.45) is 1.50. The van der Waals surface area contributed by atoms with Crippen LogP contribution >= 0.6 is 30.4 Å². The molecule has 2 radical (unpaired) electrons. The van der Waals surface area contributed by atoms with Gasteiger partial charge in [0.15, 0.2) is 0 Å². The van der Waals surface area contributed by atoms with E-state index >= 15 is 0 Å². The molecule has 0 aliphatic carbocycles. The fourth-order valence-corrected chi connectivity index (χ4v) is 0.